The molecule has 0 bridgehead atoms. The van der Waals surface area contributed by atoms with E-state index in [1.54, 1.807) is 0 Å². The molecule has 0 saturated heterocycles. The maximum absolute atomic E-state index is 3.54. The normalized spacial score (nSPS) is 28.2. The van der Waals surface area contributed by atoms with Crippen LogP contribution in [0, 0.1) is 17.8 Å². The molecule has 1 aliphatic carbocycles. The van der Waals surface area contributed by atoms with Gasteiger partial charge in [-0.05, 0) is 32.2 Å². The molecule has 0 aromatic heterocycles. The fourth-order valence-electron chi connectivity index (χ4n) is 2.05. The second-order valence-corrected chi connectivity index (χ2v) is 3.49. The molecule has 1 aliphatic rings. The summed E-state index contributed by atoms with van der Waals surface area (Å²) in [5.41, 5.74) is 0. The molecule has 0 amide bonds. The first-order chi connectivity index (χ1) is 5.88. The molecular formula is C11H19N. The van der Waals surface area contributed by atoms with Gasteiger partial charge in [0, 0.05) is 12.5 Å². The van der Waals surface area contributed by atoms with Crippen LogP contribution in [0.5, 0.6) is 0 Å². The van der Waals surface area contributed by atoms with E-state index in [0.29, 0.717) is 0 Å². The monoisotopic (exact) mass is 165 g/mol. The predicted octanol–water partition coefficient (Wildman–Crippen LogP) is 2.18. The van der Waals surface area contributed by atoms with Gasteiger partial charge in [0.15, 0.2) is 0 Å². The Kier molecular flexibility index (Phi) is 4.18. The Hall–Kier alpha value is -0.480. The molecule has 0 spiro atoms. The van der Waals surface area contributed by atoms with Crippen LogP contribution in [0.4, 0.5) is 0 Å². The average molecular weight is 165 g/mol. The molecule has 0 aromatic carbocycles. The quantitative estimate of drug-likeness (QED) is 0.632. The van der Waals surface area contributed by atoms with Crippen LogP contribution >= 0.6 is 0 Å². The highest BCUT2D eigenvalue weighted by molar-refractivity contribution is 4.99. The van der Waals surface area contributed by atoms with Crippen molar-refractivity contribution in [2.24, 2.45) is 5.92 Å². The van der Waals surface area contributed by atoms with Crippen LogP contribution in [-0.2, 0) is 0 Å². The van der Waals surface area contributed by atoms with Crippen molar-refractivity contribution < 1.29 is 0 Å². The van der Waals surface area contributed by atoms with E-state index in [0.717, 1.165) is 24.9 Å². The fraction of sp³-hybridized carbons (Fsp3) is 0.818. The average Bonchev–Trinajstić information content (AvgIpc) is 2.50. The van der Waals surface area contributed by atoms with Crippen molar-refractivity contribution >= 4 is 0 Å². The van der Waals surface area contributed by atoms with E-state index in [-0.39, 0.29) is 0 Å². The maximum atomic E-state index is 3.54. The van der Waals surface area contributed by atoms with E-state index >= 15 is 0 Å². The summed E-state index contributed by atoms with van der Waals surface area (Å²) < 4.78 is 0. The third-order valence-corrected chi connectivity index (χ3v) is 2.67. The van der Waals surface area contributed by atoms with E-state index in [2.05, 4.69) is 24.1 Å². The Morgan fingerprint density at radius 2 is 2.25 bits per heavy atom. The minimum absolute atomic E-state index is 0.746. The van der Waals surface area contributed by atoms with Crippen LogP contribution in [-0.4, -0.2) is 12.6 Å². The second kappa shape index (κ2) is 5.22. The number of hydrogen-bond donors (Lipinski definition) is 1. The first kappa shape index (κ1) is 9.61. The molecule has 1 rings (SSSR count). The van der Waals surface area contributed by atoms with Gasteiger partial charge in [0.25, 0.3) is 0 Å². The highest BCUT2D eigenvalue weighted by Crippen LogP contribution is 2.27. The summed E-state index contributed by atoms with van der Waals surface area (Å²) in [6, 6.07) is 0.746. The van der Waals surface area contributed by atoms with Crippen molar-refractivity contribution in [3.05, 3.63) is 0 Å². The Labute approximate surface area is 75.9 Å². The molecule has 2 atom stereocenters. The van der Waals surface area contributed by atoms with Crippen LogP contribution < -0.4 is 5.32 Å². The van der Waals surface area contributed by atoms with Crippen molar-refractivity contribution in [3.8, 4) is 11.8 Å². The predicted molar refractivity (Wildman–Crippen MR) is 52.9 cm³/mol. The van der Waals surface area contributed by atoms with Gasteiger partial charge in [-0.2, -0.15) is 0 Å². The molecule has 1 saturated carbocycles. The molecule has 1 N–H and O–H groups in total. The van der Waals surface area contributed by atoms with Gasteiger partial charge in [0.2, 0.25) is 0 Å². The highest BCUT2D eigenvalue weighted by Gasteiger charge is 2.25. The van der Waals surface area contributed by atoms with Crippen LogP contribution in [0.15, 0.2) is 0 Å². The summed E-state index contributed by atoms with van der Waals surface area (Å²) in [5, 5.41) is 3.54. The van der Waals surface area contributed by atoms with E-state index in [4.69, 9.17) is 0 Å². The summed E-state index contributed by atoms with van der Waals surface area (Å²) in [6.07, 6.45) is 5.19. The van der Waals surface area contributed by atoms with E-state index in [1.807, 2.05) is 6.92 Å². The molecule has 0 aromatic rings. The van der Waals surface area contributed by atoms with Crippen LogP contribution in [0.25, 0.3) is 0 Å². The van der Waals surface area contributed by atoms with Gasteiger partial charge in [-0.1, -0.05) is 13.3 Å². The summed E-state index contributed by atoms with van der Waals surface area (Å²) in [6.45, 7) is 5.21. The molecular weight excluding hydrogens is 146 g/mol. The minimum Gasteiger partial charge on any atom is -0.314 e. The van der Waals surface area contributed by atoms with Crippen molar-refractivity contribution in [2.45, 2.75) is 45.6 Å². The molecule has 1 nitrogen and oxygen atoms in total. The first-order valence-corrected chi connectivity index (χ1v) is 5.01. The Morgan fingerprint density at radius 3 is 2.92 bits per heavy atom. The lowest BCUT2D eigenvalue weighted by Gasteiger charge is -2.17. The summed E-state index contributed by atoms with van der Waals surface area (Å²) >= 11 is 0. The topological polar surface area (TPSA) is 12.0 Å². The molecule has 1 fully saturated rings. The second-order valence-electron chi connectivity index (χ2n) is 3.49. The van der Waals surface area contributed by atoms with Gasteiger partial charge in [0.05, 0.1) is 0 Å². The zero-order valence-electron chi connectivity index (χ0n) is 8.19. The van der Waals surface area contributed by atoms with Crippen molar-refractivity contribution in [1.82, 2.24) is 5.32 Å². The zero-order chi connectivity index (χ0) is 8.81. The van der Waals surface area contributed by atoms with Gasteiger partial charge >= 0.3 is 0 Å². The van der Waals surface area contributed by atoms with Crippen molar-refractivity contribution in [3.63, 3.8) is 0 Å². The third kappa shape index (κ3) is 2.53. The van der Waals surface area contributed by atoms with Gasteiger partial charge in [-0.15, -0.1) is 11.8 Å². The largest absolute Gasteiger partial charge is 0.314 e. The molecule has 0 heterocycles. The van der Waals surface area contributed by atoms with E-state index < -0.39 is 0 Å². The van der Waals surface area contributed by atoms with E-state index in [9.17, 15) is 0 Å². The number of hydrogen-bond acceptors (Lipinski definition) is 1. The van der Waals surface area contributed by atoms with Gasteiger partial charge in [0.1, 0.15) is 0 Å². The lowest BCUT2D eigenvalue weighted by molar-refractivity contribution is 0.415. The Bertz CT molecular complexity index is 175. The maximum Gasteiger partial charge on any atom is 0.0132 e. The standard InChI is InChI=1S/C11H19N/c1-3-5-7-10-8-6-9-11(10)12-4-2/h10-12H,4,6-9H2,1-2H3. The van der Waals surface area contributed by atoms with Crippen LogP contribution in [0.3, 0.4) is 0 Å². The van der Waals surface area contributed by atoms with Gasteiger partial charge in [-0.3, -0.25) is 0 Å². The van der Waals surface area contributed by atoms with Crippen LogP contribution in [0.2, 0.25) is 0 Å². The Balaban J connectivity index is 2.33. The van der Waals surface area contributed by atoms with Crippen LogP contribution in [0.1, 0.15) is 39.5 Å². The summed E-state index contributed by atoms with van der Waals surface area (Å²) in [4.78, 5) is 0. The third-order valence-electron chi connectivity index (χ3n) is 2.67. The minimum atomic E-state index is 0.746. The zero-order valence-corrected chi connectivity index (χ0v) is 8.19. The molecule has 12 heavy (non-hydrogen) atoms. The lowest BCUT2D eigenvalue weighted by atomic mass is 10.00. The van der Waals surface area contributed by atoms with E-state index in [1.165, 1.54) is 19.3 Å². The van der Waals surface area contributed by atoms with Crippen molar-refractivity contribution in [1.29, 1.82) is 0 Å². The fourth-order valence-corrected chi connectivity index (χ4v) is 2.05. The summed E-state index contributed by atoms with van der Waals surface area (Å²) in [5.74, 6) is 6.99. The Morgan fingerprint density at radius 1 is 1.42 bits per heavy atom. The molecule has 0 aliphatic heterocycles. The van der Waals surface area contributed by atoms with Gasteiger partial charge in [-0.25, -0.2) is 0 Å². The summed E-state index contributed by atoms with van der Waals surface area (Å²) in [7, 11) is 0. The van der Waals surface area contributed by atoms with Gasteiger partial charge < -0.3 is 5.32 Å². The molecule has 68 valence electrons. The molecule has 1 heteroatoms. The first-order valence-electron chi connectivity index (χ1n) is 5.01. The molecule has 2 unspecified atom stereocenters. The highest BCUT2D eigenvalue weighted by atomic mass is 14.9. The number of rotatable bonds is 3. The lowest BCUT2D eigenvalue weighted by Crippen LogP contribution is -2.31. The van der Waals surface area contributed by atoms with Crippen molar-refractivity contribution in [2.75, 3.05) is 6.54 Å². The molecule has 0 radical (unpaired) electrons. The SMILES string of the molecule is CC#CCC1CCCC1NCC. The smallest absolute Gasteiger partial charge is 0.0132 e. The number of nitrogens with one attached hydrogen (secondary N) is 1.